The van der Waals surface area contributed by atoms with Gasteiger partial charge in [-0.05, 0) is 0 Å². The van der Waals surface area contributed by atoms with Crippen molar-refractivity contribution < 1.29 is 0 Å². The van der Waals surface area contributed by atoms with Gasteiger partial charge in [0.05, 0.1) is 0 Å². The summed E-state index contributed by atoms with van der Waals surface area (Å²) in [5.41, 5.74) is 0. The summed E-state index contributed by atoms with van der Waals surface area (Å²) >= 11 is 11.4. The van der Waals surface area contributed by atoms with Crippen molar-refractivity contribution in [2.75, 3.05) is 29.1 Å². The lowest BCUT2D eigenvalue weighted by atomic mass is 10.5. The Balaban J connectivity index is 1.76. The first-order valence-corrected chi connectivity index (χ1v) is 7.85. The van der Waals surface area contributed by atoms with Gasteiger partial charge in [-0.1, -0.05) is 11.6 Å². The van der Waals surface area contributed by atoms with Crippen LogP contribution in [0.5, 0.6) is 0 Å². The Morgan fingerprint density at radius 2 is 2.50 bits per heavy atom. The summed E-state index contributed by atoms with van der Waals surface area (Å²) < 4.78 is 0. The van der Waals surface area contributed by atoms with Crippen LogP contribution in [-0.4, -0.2) is 34.0 Å². The molecule has 0 saturated carbocycles. The highest BCUT2D eigenvalue weighted by molar-refractivity contribution is 8.06. The SMILES string of the molecule is Clc1csc(NCC2CSCCS2)n1. The van der Waals surface area contributed by atoms with Crippen LogP contribution in [0.4, 0.5) is 5.13 Å². The molecule has 0 amide bonds. The van der Waals surface area contributed by atoms with Crippen LogP contribution in [0.3, 0.4) is 0 Å². The van der Waals surface area contributed by atoms with Crippen molar-refractivity contribution in [3.05, 3.63) is 10.5 Å². The van der Waals surface area contributed by atoms with E-state index in [1.807, 2.05) is 28.9 Å². The van der Waals surface area contributed by atoms with Gasteiger partial charge in [0.15, 0.2) is 5.13 Å². The van der Waals surface area contributed by atoms with Gasteiger partial charge in [0, 0.05) is 34.4 Å². The highest BCUT2D eigenvalue weighted by Crippen LogP contribution is 2.25. The molecule has 2 heterocycles. The number of aromatic nitrogens is 1. The zero-order chi connectivity index (χ0) is 9.80. The Morgan fingerprint density at radius 1 is 1.57 bits per heavy atom. The third-order valence-corrected chi connectivity index (χ3v) is 5.81. The molecule has 1 aliphatic heterocycles. The standard InChI is InChI=1S/C8H11ClN2S3/c9-7-5-14-8(11-7)10-3-6-4-12-1-2-13-6/h5-6H,1-4H2,(H,10,11). The average molecular weight is 267 g/mol. The minimum Gasteiger partial charge on any atom is -0.360 e. The van der Waals surface area contributed by atoms with E-state index in [1.54, 1.807) is 11.3 Å². The second kappa shape index (κ2) is 5.49. The molecule has 2 rings (SSSR count). The third-order valence-electron chi connectivity index (χ3n) is 1.84. The molecule has 1 unspecified atom stereocenters. The van der Waals surface area contributed by atoms with Gasteiger partial charge < -0.3 is 5.32 Å². The fourth-order valence-electron chi connectivity index (χ4n) is 1.19. The van der Waals surface area contributed by atoms with E-state index in [0.717, 1.165) is 16.9 Å². The van der Waals surface area contributed by atoms with E-state index in [0.29, 0.717) is 5.15 Å². The fourth-order valence-corrected chi connectivity index (χ4v) is 4.65. The van der Waals surface area contributed by atoms with Crippen molar-refractivity contribution in [2.45, 2.75) is 5.25 Å². The maximum Gasteiger partial charge on any atom is 0.184 e. The van der Waals surface area contributed by atoms with Gasteiger partial charge in [-0.25, -0.2) is 4.98 Å². The molecule has 14 heavy (non-hydrogen) atoms. The van der Waals surface area contributed by atoms with Gasteiger partial charge >= 0.3 is 0 Å². The van der Waals surface area contributed by atoms with Gasteiger partial charge in [-0.2, -0.15) is 23.5 Å². The number of rotatable bonds is 3. The zero-order valence-corrected chi connectivity index (χ0v) is 10.7. The van der Waals surface area contributed by atoms with Crippen LogP contribution >= 0.6 is 46.5 Å². The van der Waals surface area contributed by atoms with Crippen LogP contribution in [-0.2, 0) is 0 Å². The predicted molar refractivity (Wildman–Crippen MR) is 69.2 cm³/mol. The van der Waals surface area contributed by atoms with Crippen LogP contribution in [0.15, 0.2) is 5.38 Å². The molecule has 0 aliphatic carbocycles. The van der Waals surface area contributed by atoms with E-state index in [-0.39, 0.29) is 0 Å². The summed E-state index contributed by atoms with van der Waals surface area (Å²) in [6.07, 6.45) is 0. The summed E-state index contributed by atoms with van der Waals surface area (Å²) in [5, 5.41) is 7.42. The van der Waals surface area contributed by atoms with E-state index < -0.39 is 0 Å². The molecular weight excluding hydrogens is 256 g/mol. The topological polar surface area (TPSA) is 24.9 Å². The third kappa shape index (κ3) is 3.22. The first-order valence-electron chi connectivity index (χ1n) is 4.39. The molecule has 2 nitrogen and oxygen atoms in total. The van der Waals surface area contributed by atoms with Crippen LogP contribution in [0.2, 0.25) is 5.15 Å². The van der Waals surface area contributed by atoms with Gasteiger partial charge in [0.2, 0.25) is 0 Å². The van der Waals surface area contributed by atoms with Gasteiger partial charge in [-0.3, -0.25) is 0 Å². The molecule has 0 bridgehead atoms. The molecule has 1 fully saturated rings. The minimum absolute atomic E-state index is 0.586. The van der Waals surface area contributed by atoms with E-state index in [9.17, 15) is 0 Å². The van der Waals surface area contributed by atoms with Crippen molar-refractivity contribution in [2.24, 2.45) is 0 Å². The summed E-state index contributed by atoms with van der Waals surface area (Å²) in [7, 11) is 0. The van der Waals surface area contributed by atoms with E-state index in [1.165, 1.54) is 17.3 Å². The molecule has 1 aliphatic rings. The van der Waals surface area contributed by atoms with Crippen LogP contribution in [0, 0.1) is 0 Å². The lowest BCUT2D eigenvalue weighted by Gasteiger charge is -2.20. The molecule has 1 aromatic rings. The fraction of sp³-hybridized carbons (Fsp3) is 0.625. The molecule has 0 radical (unpaired) electrons. The van der Waals surface area contributed by atoms with E-state index in [2.05, 4.69) is 10.3 Å². The van der Waals surface area contributed by atoms with Crippen LogP contribution < -0.4 is 5.32 Å². The predicted octanol–water partition coefficient (Wildman–Crippen LogP) is 3.06. The second-order valence-corrected chi connectivity index (χ2v) is 6.73. The number of anilines is 1. The number of nitrogens with one attached hydrogen (secondary N) is 1. The molecule has 1 aromatic heterocycles. The van der Waals surface area contributed by atoms with Crippen LogP contribution in [0.25, 0.3) is 0 Å². The van der Waals surface area contributed by atoms with Crippen LogP contribution in [0.1, 0.15) is 0 Å². The molecule has 78 valence electrons. The maximum absolute atomic E-state index is 5.73. The molecule has 0 aromatic carbocycles. The summed E-state index contributed by atoms with van der Waals surface area (Å²) in [4.78, 5) is 4.15. The lowest BCUT2D eigenvalue weighted by molar-refractivity contribution is 1.00. The monoisotopic (exact) mass is 266 g/mol. The first kappa shape index (κ1) is 10.9. The first-order chi connectivity index (χ1) is 6.84. The number of thioether (sulfide) groups is 2. The summed E-state index contributed by atoms with van der Waals surface area (Å²) in [5.74, 6) is 3.82. The zero-order valence-electron chi connectivity index (χ0n) is 7.53. The van der Waals surface area contributed by atoms with Crippen molar-refractivity contribution in [3.8, 4) is 0 Å². The highest BCUT2D eigenvalue weighted by Gasteiger charge is 2.14. The number of hydrogen-bond donors (Lipinski definition) is 1. The molecule has 1 N–H and O–H groups in total. The number of thiazole rings is 1. The van der Waals surface area contributed by atoms with Crippen molar-refractivity contribution in [3.63, 3.8) is 0 Å². The molecular formula is C8H11ClN2S3. The quantitative estimate of drug-likeness (QED) is 0.909. The largest absolute Gasteiger partial charge is 0.360 e. The molecule has 6 heteroatoms. The average Bonchev–Trinajstić information content (AvgIpc) is 2.63. The lowest BCUT2D eigenvalue weighted by Crippen LogP contribution is -2.23. The van der Waals surface area contributed by atoms with Gasteiger partial charge in [0.25, 0.3) is 0 Å². The Morgan fingerprint density at radius 3 is 3.14 bits per heavy atom. The number of halogens is 1. The highest BCUT2D eigenvalue weighted by atomic mass is 35.5. The number of nitrogens with zero attached hydrogens (tertiary/aromatic N) is 1. The van der Waals surface area contributed by atoms with Gasteiger partial charge in [0.1, 0.15) is 5.15 Å². The van der Waals surface area contributed by atoms with Crippen molar-refractivity contribution in [1.29, 1.82) is 0 Å². The molecule has 1 atom stereocenters. The smallest absolute Gasteiger partial charge is 0.184 e. The van der Waals surface area contributed by atoms with E-state index in [4.69, 9.17) is 11.6 Å². The van der Waals surface area contributed by atoms with Crippen molar-refractivity contribution in [1.82, 2.24) is 4.98 Å². The second-order valence-electron chi connectivity index (χ2n) is 2.92. The normalized spacial score (nSPS) is 22.2. The van der Waals surface area contributed by atoms with Gasteiger partial charge in [-0.15, -0.1) is 11.3 Å². The van der Waals surface area contributed by atoms with Crippen molar-refractivity contribution >= 4 is 51.6 Å². The Labute approximate surface area is 101 Å². The molecule has 1 saturated heterocycles. The summed E-state index contributed by atoms with van der Waals surface area (Å²) in [6, 6.07) is 0. The Hall–Kier alpha value is 0.420. The maximum atomic E-state index is 5.73. The Kier molecular flexibility index (Phi) is 4.28. The van der Waals surface area contributed by atoms with E-state index >= 15 is 0 Å². The minimum atomic E-state index is 0.586. The molecule has 0 spiro atoms. The number of hydrogen-bond acceptors (Lipinski definition) is 5. The summed E-state index contributed by atoms with van der Waals surface area (Å²) in [6.45, 7) is 1.00. The Bertz CT molecular complexity index is 286.